The van der Waals surface area contributed by atoms with Gasteiger partial charge in [0, 0.05) is 11.9 Å². The third-order valence-electron chi connectivity index (χ3n) is 2.64. The van der Waals surface area contributed by atoms with Gasteiger partial charge in [-0.3, -0.25) is 0 Å². The van der Waals surface area contributed by atoms with E-state index in [0.717, 1.165) is 20.8 Å². The van der Waals surface area contributed by atoms with Gasteiger partial charge in [0.05, 0.1) is 28.7 Å². The first-order valence-corrected chi connectivity index (χ1v) is 7.95. The molecule has 106 valence electrons. The lowest BCUT2D eigenvalue weighted by molar-refractivity contribution is 0.353. The van der Waals surface area contributed by atoms with E-state index in [4.69, 9.17) is 21.1 Å². The molecule has 1 aromatic carbocycles. The maximum absolute atomic E-state index is 5.82. The molecule has 0 aliphatic rings. The summed E-state index contributed by atoms with van der Waals surface area (Å²) in [5.74, 6) is 2.18. The van der Waals surface area contributed by atoms with Crippen LogP contribution in [0.1, 0.15) is 5.56 Å². The van der Waals surface area contributed by atoms with E-state index in [1.165, 1.54) is 0 Å². The van der Waals surface area contributed by atoms with Gasteiger partial charge in [-0.25, -0.2) is 4.98 Å². The fourth-order valence-electron chi connectivity index (χ4n) is 1.64. The number of thioether (sulfide) groups is 1. The fourth-order valence-corrected chi connectivity index (χ4v) is 3.40. The van der Waals surface area contributed by atoms with Crippen LogP contribution < -0.4 is 9.47 Å². The monoisotopic (exact) mass is 373 g/mol. The molecule has 0 atom stereocenters. The van der Waals surface area contributed by atoms with Crippen LogP contribution in [0.5, 0.6) is 11.5 Å². The summed E-state index contributed by atoms with van der Waals surface area (Å²) in [7, 11) is 3.25. The van der Waals surface area contributed by atoms with Gasteiger partial charge in [-0.05, 0) is 39.7 Å². The van der Waals surface area contributed by atoms with E-state index in [2.05, 4.69) is 20.9 Å². The first-order chi connectivity index (χ1) is 9.65. The molecule has 0 fully saturated rings. The molecule has 0 radical (unpaired) electrons. The molecule has 0 amide bonds. The SMILES string of the molecule is COc1ccc(CSc2ccc(Cl)cn2)c(Br)c1OC. The number of ether oxygens (including phenoxy) is 2. The largest absolute Gasteiger partial charge is 0.493 e. The summed E-state index contributed by atoms with van der Waals surface area (Å²) in [5, 5.41) is 1.57. The van der Waals surface area contributed by atoms with Gasteiger partial charge in [0.2, 0.25) is 0 Å². The van der Waals surface area contributed by atoms with Crippen LogP contribution in [0, 0.1) is 0 Å². The second-order valence-corrected chi connectivity index (χ2v) is 6.10. The summed E-state index contributed by atoms with van der Waals surface area (Å²) in [5.41, 5.74) is 1.12. The first kappa shape index (κ1) is 15.5. The Morgan fingerprint density at radius 2 is 2.00 bits per heavy atom. The van der Waals surface area contributed by atoms with Crippen molar-refractivity contribution in [1.82, 2.24) is 4.98 Å². The Morgan fingerprint density at radius 3 is 2.60 bits per heavy atom. The van der Waals surface area contributed by atoms with E-state index < -0.39 is 0 Å². The van der Waals surface area contributed by atoms with Gasteiger partial charge in [0.1, 0.15) is 0 Å². The molecule has 0 aliphatic carbocycles. The lowest BCUT2D eigenvalue weighted by Gasteiger charge is -2.12. The number of nitrogens with zero attached hydrogens (tertiary/aromatic N) is 1. The van der Waals surface area contributed by atoms with Crippen LogP contribution in [-0.4, -0.2) is 19.2 Å². The van der Waals surface area contributed by atoms with Gasteiger partial charge >= 0.3 is 0 Å². The lowest BCUT2D eigenvalue weighted by atomic mass is 10.2. The number of hydrogen-bond donors (Lipinski definition) is 0. The standard InChI is InChI=1S/C14H13BrClNO2S/c1-18-11-5-3-9(13(15)14(11)19-2)8-20-12-6-4-10(16)7-17-12/h3-7H,8H2,1-2H3. The van der Waals surface area contributed by atoms with Crippen molar-refractivity contribution in [2.24, 2.45) is 0 Å². The van der Waals surface area contributed by atoms with E-state index in [1.807, 2.05) is 24.3 Å². The van der Waals surface area contributed by atoms with Gasteiger partial charge in [0.25, 0.3) is 0 Å². The summed E-state index contributed by atoms with van der Waals surface area (Å²) in [6.07, 6.45) is 1.65. The third kappa shape index (κ3) is 3.59. The second kappa shape index (κ2) is 7.20. The van der Waals surface area contributed by atoms with Crippen LogP contribution in [0.15, 0.2) is 40.0 Å². The average molecular weight is 375 g/mol. The van der Waals surface area contributed by atoms with Crippen LogP contribution in [0.4, 0.5) is 0 Å². The minimum absolute atomic E-state index is 0.640. The van der Waals surface area contributed by atoms with Crippen molar-refractivity contribution in [2.45, 2.75) is 10.8 Å². The third-order valence-corrected chi connectivity index (χ3v) is 4.73. The van der Waals surface area contributed by atoms with Crippen LogP contribution in [-0.2, 0) is 5.75 Å². The van der Waals surface area contributed by atoms with E-state index in [9.17, 15) is 0 Å². The molecular formula is C14H13BrClNO2S. The Labute approximate surface area is 135 Å². The van der Waals surface area contributed by atoms with Gasteiger partial charge in [0.15, 0.2) is 11.5 Å². The van der Waals surface area contributed by atoms with Crippen molar-refractivity contribution in [3.63, 3.8) is 0 Å². The zero-order valence-electron chi connectivity index (χ0n) is 11.0. The molecule has 2 rings (SSSR count). The number of halogens is 2. The molecule has 0 aliphatic heterocycles. The number of methoxy groups -OCH3 is 2. The Balaban J connectivity index is 2.15. The number of benzene rings is 1. The molecule has 20 heavy (non-hydrogen) atoms. The maximum atomic E-state index is 5.82. The highest BCUT2D eigenvalue weighted by molar-refractivity contribution is 9.10. The molecule has 1 heterocycles. The van der Waals surface area contributed by atoms with Crippen molar-refractivity contribution >= 4 is 39.3 Å². The lowest BCUT2D eigenvalue weighted by Crippen LogP contribution is -1.94. The van der Waals surface area contributed by atoms with Gasteiger partial charge < -0.3 is 9.47 Å². The quantitative estimate of drug-likeness (QED) is 0.703. The Kier molecular flexibility index (Phi) is 5.57. The Morgan fingerprint density at radius 1 is 1.20 bits per heavy atom. The first-order valence-electron chi connectivity index (χ1n) is 5.79. The van der Waals surface area contributed by atoms with Crippen LogP contribution in [0.3, 0.4) is 0 Å². The molecule has 1 aromatic heterocycles. The normalized spacial score (nSPS) is 10.4. The molecule has 3 nitrogen and oxygen atoms in total. The van der Waals surface area contributed by atoms with Crippen molar-refractivity contribution in [1.29, 1.82) is 0 Å². The summed E-state index contributed by atoms with van der Waals surface area (Å²) in [4.78, 5) is 4.26. The minimum atomic E-state index is 0.640. The zero-order valence-corrected chi connectivity index (χ0v) is 14.2. The molecule has 0 spiro atoms. The van der Waals surface area contributed by atoms with Crippen LogP contribution >= 0.6 is 39.3 Å². The minimum Gasteiger partial charge on any atom is -0.493 e. The number of hydrogen-bond acceptors (Lipinski definition) is 4. The highest BCUT2D eigenvalue weighted by Crippen LogP contribution is 2.39. The number of aromatic nitrogens is 1. The van der Waals surface area contributed by atoms with Crippen LogP contribution in [0.2, 0.25) is 5.02 Å². The van der Waals surface area contributed by atoms with E-state index in [1.54, 1.807) is 32.2 Å². The molecule has 0 saturated heterocycles. The highest BCUT2D eigenvalue weighted by Gasteiger charge is 2.12. The van der Waals surface area contributed by atoms with E-state index >= 15 is 0 Å². The van der Waals surface area contributed by atoms with Crippen molar-refractivity contribution in [3.05, 3.63) is 45.5 Å². The van der Waals surface area contributed by atoms with Crippen LogP contribution in [0.25, 0.3) is 0 Å². The summed E-state index contributed by atoms with van der Waals surface area (Å²) < 4.78 is 11.5. The summed E-state index contributed by atoms with van der Waals surface area (Å²) >= 11 is 11.0. The predicted octanol–water partition coefficient (Wildman–Crippen LogP) is 4.81. The highest BCUT2D eigenvalue weighted by atomic mass is 79.9. The number of rotatable bonds is 5. The van der Waals surface area contributed by atoms with Gasteiger partial charge in [-0.2, -0.15) is 0 Å². The summed E-state index contributed by atoms with van der Waals surface area (Å²) in [6.45, 7) is 0. The van der Waals surface area contributed by atoms with Gasteiger partial charge in [-0.1, -0.05) is 17.7 Å². The van der Waals surface area contributed by atoms with E-state index in [0.29, 0.717) is 16.5 Å². The smallest absolute Gasteiger partial charge is 0.175 e. The predicted molar refractivity (Wildman–Crippen MR) is 86.1 cm³/mol. The topological polar surface area (TPSA) is 31.4 Å². The molecule has 0 unspecified atom stereocenters. The maximum Gasteiger partial charge on any atom is 0.175 e. The summed E-state index contributed by atoms with van der Waals surface area (Å²) in [6, 6.07) is 7.64. The molecule has 0 bridgehead atoms. The Bertz CT molecular complexity index is 592. The number of pyridine rings is 1. The Hall–Kier alpha value is -0.910. The second-order valence-electron chi connectivity index (χ2n) is 3.88. The van der Waals surface area contributed by atoms with Crippen molar-refractivity contribution in [2.75, 3.05) is 14.2 Å². The van der Waals surface area contributed by atoms with Crippen molar-refractivity contribution in [3.8, 4) is 11.5 Å². The zero-order chi connectivity index (χ0) is 14.5. The molecule has 0 N–H and O–H groups in total. The van der Waals surface area contributed by atoms with E-state index in [-0.39, 0.29) is 0 Å². The molecule has 0 saturated carbocycles. The molecule has 2 aromatic rings. The average Bonchev–Trinajstić information content (AvgIpc) is 2.47. The molecule has 6 heteroatoms. The fraction of sp³-hybridized carbons (Fsp3) is 0.214. The molecular weight excluding hydrogens is 362 g/mol. The van der Waals surface area contributed by atoms with Crippen molar-refractivity contribution < 1.29 is 9.47 Å². The van der Waals surface area contributed by atoms with Gasteiger partial charge in [-0.15, -0.1) is 11.8 Å².